The molecule has 2 aromatic carbocycles. The molecule has 1 aromatic heterocycles. The summed E-state index contributed by atoms with van der Waals surface area (Å²) >= 11 is 0. The molecule has 0 spiro atoms. The normalized spacial score (nSPS) is 10.6. The number of hydrogen-bond acceptors (Lipinski definition) is 2. The van der Waals surface area contributed by atoms with Crippen LogP contribution in [0, 0.1) is 13.8 Å². The highest BCUT2D eigenvalue weighted by molar-refractivity contribution is 5.95. The number of rotatable bonds is 5. The third-order valence-electron chi connectivity index (χ3n) is 4.30. The second kappa shape index (κ2) is 7.13. The quantitative estimate of drug-likeness (QED) is 0.782. The predicted octanol–water partition coefficient (Wildman–Crippen LogP) is 3.48. The molecule has 0 aliphatic carbocycles. The summed E-state index contributed by atoms with van der Waals surface area (Å²) in [5.41, 5.74) is 5.15. The standard InChI is InChI=1S/C20H21N3O/c1-15-7-5-10-19(16(15)2)20(24)21-13-17-8-3-4-9-18(17)14-23-12-6-11-22-23/h3-12H,13-14H2,1-2H3,(H,21,24). The average Bonchev–Trinajstić information content (AvgIpc) is 3.09. The van der Waals surface area contributed by atoms with E-state index in [0.29, 0.717) is 13.1 Å². The first-order chi connectivity index (χ1) is 11.6. The Hall–Kier alpha value is -2.88. The molecule has 0 saturated heterocycles. The van der Waals surface area contributed by atoms with Gasteiger partial charge < -0.3 is 5.32 Å². The Labute approximate surface area is 142 Å². The van der Waals surface area contributed by atoms with Crippen LogP contribution in [0.4, 0.5) is 0 Å². The molecule has 0 aliphatic rings. The lowest BCUT2D eigenvalue weighted by atomic mass is 10.0. The molecular weight excluding hydrogens is 298 g/mol. The van der Waals surface area contributed by atoms with Gasteiger partial charge in [0.25, 0.3) is 5.91 Å². The fraction of sp³-hybridized carbons (Fsp3) is 0.200. The molecule has 0 aliphatic heterocycles. The molecule has 1 amide bonds. The van der Waals surface area contributed by atoms with E-state index < -0.39 is 0 Å². The molecule has 122 valence electrons. The molecule has 0 radical (unpaired) electrons. The summed E-state index contributed by atoms with van der Waals surface area (Å²) in [7, 11) is 0. The van der Waals surface area contributed by atoms with Gasteiger partial charge in [-0.3, -0.25) is 9.48 Å². The molecule has 3 aromatic rings. The van der Waals surface area contributed by atoms with Crippen LogP contribution in [0.3, 0.4) is 0 Å². The summed E-state index contributed by atoms with van der Waals surface area (Å²) in [6.07, 6.45) is 3.70. The lowest BCUT2D eigenvalue weighted by Crippen LogP contribution is -2.24. The molecular formula is C20H21N3O. The van der Waals surface area contributed by atoms with Crippen molar-refractivity contribution in [2.24, 2.45) is 0 Å². The summed E-state index contributed by atoms with van der Waals surface area (Å²) in [4.78, 5) is 12.5. The Kier molecular flexibility index (Phi) is 4.75. The average molecular weight is 319 g/mol. The number of aromatic nitrogens is 2. The van der Waals surface area contributed by atoms with Crippen LogP contribution in [-0.2, 0) is 13.1 Å². The number of nitrogens with zero attached hydrogens (tertiary/aromatic N) is 2. The monoisotopic (exact) mass is 319 g/mol. The van der Waals surface area contributed by atoms with Crippen LogP contribution in [0.25, 0.3) is 0 Å². The largest absolute Gasteiger partial charge is 0.348 e. The lowest BCUT2D eigenvalue weighted by Gasteiger charge is -2.12. The molecule has 0 bridgehead atoms. The third kappa shape index (κ3) is 3.54. The van der Waals surface area contributed by atoms with Crippen molar-refractivity contribution in [2.75, 3.05) is 0 Å². The molecule has 24 heavy (non-hydrogen) atoms. The van der Waals surface area contributed by atoms with E-state index in [1.54, 1.807) is 6.20 Å². The fourth-order valence-corrected chi connectivity index (χ4v) is 2.72. The summed E-state index contributed by atoms with van der Waals surface area (Å²) in [6, 6.07) is 15.8. The van der Waals surface area contributed by atoms with Gasteiger partial charge in [-0.2, -0.15) is 5.10 Å². The Morgan fingerprint density at radius 2 is 1.83 bits per heavy atom. The first-order valence-electron chi connectivity index (χ1n) is 8.04. The Balaban J connectivity index is 1.73. The predicted molar refractivity (Wildman–Crippen MR) is 94.9 cm³/mol. The van der Waals surface area contributed by atoms with Gasteiger partial charge in [-0.15, -0.1) is 0 Å². The third-order valence-corrected chi connectivity index (χ3v) is 4.30. The summed E-state index contributed by atoms with van der Waals surface area (Å²) < 4.78 is 1.88. The molecule has 0 atom stereocenters. The first kappa shape index (κ1) is 16.0. The highest BCUT2D eigenvalue weighted by Gasteiger charge is 2.11. The van der Waals surface area contributed by atoms with Crippen molar-refractivity contribution < 1.29 is 4.79 Å². The second-order valence-corrected chi connectivity index (χ2v) is 5.90. The van der Waals surface area contributed by atoms with Gasteiger partial charge in [0.05, 0.1) is 6.54 Å². The zero-order chi connectivity index (χ0) is 16.9. The van der Waals surface area contributed by atoms with Crippen LogP contribution >= 0.6 is 0 Å². The van der Waals surface area contributed by atoms with Crippen LogP contribution in [0.15, 0.2) is 60.9 Å². The highest BCUT2D eigenvalue weighted by Crippen LogP contribution is 2.14. The molecule has 1 N–H and O–H groups in total. The number of aryl methyl sites for hydroxylation is 1. The molecule has 0 fully saturated rings. The SMILES string of the molecule is Cc1cccc(C(=O)NCc2ccccc2Cn2cccn2)c1C. The number of nitrogens with one attached hydrogen (secondary N) is 1. The summed E-state index contributed by atoms with van der Waals surface area (Å²) in [6.45, 7) is 5.20. The lowest BCUT2D eigenvalue weighted by molar-refractivity contribution is 0.0950. The maximum atomic E-state index is 12.5. The minimum Gasteiger partial charge on any atom is -0.348 e. The van der Waals surface area contributed by atoms with E-state index >= 15 is 0 Å². The zero-order valence-corrected chi connectivity index (χ0v) is 14.0. The minimum atomic E-state index is -0.0370. The number of benzene rings is 2. The first-order valence-corrected chi connectivity index (χ1v) is 8.04. The second-order valence-electron chi connectivity index (χ2n) is 5.90. The molecule has 1 heterocycles. The molecule has 3 rings (SSSR count). The van der Waals surface area contributed by atoms with Gasteiger partial charge in [-0.25, -0.2) is 0 Å². The van der Waals surface area contributed by atoms with Gasteiger partial charge in [0.2, 0.25) is 0 Å². The topological polar surface area (TPSA) is 46.9 Å². The van der Waals surface area contributed by atoms with Crippen LogP contribution < -0.4 is 5.32 Å². The van der Waals surface area contributed by atoms with E-state index in [-0.39, 0.29) is 5.91 Å². The fourth-order valence-electron chi connectivity index (χ4n) is 2.72. The highest BCUT2D eigenvalue weighted by atomic mass is 16.1. The van der Waals surface area contributed by atoms with E-state index in [1.165, 1.54) is 0 Å². The van der Waals surface area contributed by atoms with Crippen molar-refractivity contribution in [3.05, 3.63) is 88.7 Å². The number of carbonyl (C=O) groups is 1. The van der Waals surface area contributed by atoms with E-state index in [2.05, 4.69) is 16.5 Å². The maximum Gasteiger partial charge on any atom is 0.251 e. The molecule has 4 nitrogen and oxygen atoms in total. The van der Waals surface area contributed by atoms with E-state index in [9.17, 15) is 4.79 Å². The Morgan fingerprint density at radius 3 is 2.58 bits per heavy atom. The zero-order valence-electron chi connectivity index (χ0n) is 14.0. The van der Waals surface area contributed by atoms with Crippen LogP contribution in [0.5, 0.6) is 0 Å². The van der Waals surface area contributed by atoms with Gasteiger partial charge in [0.15, 0.2) is 0 Å². The van der Waals surface area contributed by atoms with Crippen LogP contribution in [-0.4, -0.2) is 15.7 Å². The molecule has 0 saturated carbocycles. The maximum absolute atomic E-state index is 12.5. The van der Waals surface area contributed by atoms with Crippen molar-refractivity contribution in [1.29, 1.82) is 0 Å². The summed E-state index contributed by atoms with van der Waals surface area (Å²) in [5, 5.41) is 7.28. The smallest absolute Gasteiger partial charge is 0.251 e. The molecule has 0 unspecified atom stereocenters. The number of amides is 1. The van der Waals surface area contributed by atoms with Crippen LogP contribution in [0.1, 0.15) is 32.6 Å². The Bertz CT molecular complexity index is 838. The van der Waals surface area contributed by atoms with Crippen molar-refractivity contribution in [3.8, 4) is 0 Å². The van der Waals surface area contributed by atoms with Gasteiger partial charge in [-0.1, -0.05) is 36.4 Å². The van der Waals surface area contributed by atoms with Gasteiger partial charge in [-0.05, 0) is 48.2 Å². The van der Waals surface area contributed by atoms with E-state index in [4.69, 9.17) is 0 Å². The number of hydrogen-bond donors (Lipinski definition) is 1. The van der Waals surface area contributed by atoms with Gasteiger partial charge in [0.1, 0.15) is 0 Å². The molecule has 4 heteroatoms. The van der Waals surface area contributed by atoms with Crippen molar-refractivity contribution in [1.82, 2.24) is 15.1 Å². The van der Waals surface area contributed by atoms with Crippen LogP contribution in [0.2, 0.25) is 0 Å². The Morgan fingerprint density at radius 1 is 1.04 bits per heavy atom. The number of carbonyl (C=O) groups excluding carboxylic acids is 1. The van der Waals surface area contributed by atoms with Crippen molar-refractivity contribution in [3.63, 3.8) is 0 Å². The summed E-state index contributed by atoms with van der Waals surface area (Å²) in [5.74, 6) is -0.0370. The van der Waals surface area contributed by atoms with Crippen molar-refractivity contribution in [2.45, 2.75) is 26.9 Å². The van der Waals surface area contributed by atoms with Gasteiger partial charge in [0, 0.05) is 24.5 Å². The van der Waals surface area contributed by atoms with Gasteiger partial charge >= 0.3 is 0 Å². The van der Waals surface area contributed by atoms with E-state index in [0.717, 1.165) is 27.8 Å². The van der Waals surface area contributed by atoms with Crippen molar-refractivity contribution >= 4 is 5.91 Å². The minimum absolute atomic E-state index is 0.0370. The van der Waals surface area contributed by atoms with E-state index in [1.807, 2.05) is 67.2 Å².